The number of thioether (sulfide) groups is 1. The fourth-order valence-electron chi connectivity index (χ4n) is 2.14. The van der Waals surface area contributed by atoms with Crippen molar-refractivity contribution in [3.8, 4) is 0 Å². The lowest BCUT2D eigenvalue weighted by Gasteiger charge is -2.18. The molecule has 2 nitrogen and oxygen atoms in total. The Kier molecular flexibility index (Phi) is 6.22. The molecule has 3 heteroatoms. The molecule has 0 bridgehead atoms. The third-order valence-electron chi connectivity index (χ3n) is 3.28. The molecule has 1 unspecified atom stereocenters. The van der Waals surface area contributed by atoms with Crippen LogP contribution < -0.4 is 5.32 Å². The first-order valence-corrected chi connectivity index (χ1v) is 8.21. The van der Waals surface area contributed by atoms with E-state index in [0.717, 1.165) is 25.1 Å². The zero-order chi connectivity index (χ0) is 14.2. The maximum Gasteiger partial charge on any atom is 0.0935 e. The number of hydrogen-bond donors (Lipinski definition) is 1. The van der Waals surface area contributed by atoms with Crippen molar-refractivity contribution in [2.24, 2.45) is 0 Å². The second kappa shape index (κ2) is 8.18. The van der Waals surface area contributed by atoms with E-state index in [1.165, 1.54) is 16.0 Å². The van der Waals surface area contributed by atoms with E-state index in [1.807, 2.05) is 18.0 Å². The van der Waals surface area contributed by atoms with Crippen LogP contribution in [0.25, 0.3) is 0 Å². The van der Waals surface area contributed by atoms with Gasteiger partial charge in [0.1, 0.15) is 0 Å². The van der Waals surface area contributed by atoms with E-state index in [-0.39, 0.29) is 0 Å². The van der Waals surface area contributed by atoms with Gasteiger partial charge in [-0.05, 0) is 49.6 Å². The molecule has 0 amide bonds. The average molecular weight is 289 g/mol. The van der Waals surface area contributed by atoms with E-state index < -0.39 is 0 Å². The number of furan rings is 1. The number of nitrogens with one attached hydrogen (secondary N) is 1. The Bertz CT molecular complexity index is 495. The first kappa shape index (κ1) is 15.2. The molecule has 0 spiro atoms. The maximum absolute atomic E-state index is 5.17. The van der Waals surface area contributed by atoms with Crippen molar-refractivity contribution in [1.82, 2.24) is 5.32 Å². The highest BCUT2D eigenvalue weighted by atomic mass is 32.2. The summed E-state index contributed by atoms with van der Waals surface area (Å²) < 4.78 is 5.17. The van der Waals surface area contributed by atoms with E-state index in [2.05, 4.69) is 49.5 Å². The van der Waals surface area contributed by atoms with Crippen molar-refractivity contribution in [2.75, 3.05) is 12.3 Å². The van der Waals surface area contributed by atoms with E-state index in [4.69, 9.17) is 4.42 Å². The molecule has 0 aliphatic heterocycles. The Morgan fingerprint density at radius 2 is 2.10 bits per heavy atom. The van der Waals surface area contributed by atoms with Crippen molar-refractivity contribution >= 4 is 11.8 Å². The van der Waals surface area contributed by atoms with E-state index in [9.17, 15) is 0 Å². The second-order valence-electron chi connectivity index (χ2n) is 5.06. The number of hydrogen-bond acceptors (Lipinski definition) is 3. The van der Waals surface area contributed by atoms with Gasteiger partial charge in [-0.3, -0.25) is 0 Å². The van der Waals surface area contributed by atoms with Crippen molar-refractivity contribution in [3.63, 3.8) is 0 Å². The lowest BCUT2D eigenvalue weighted by Crippen LogP contribution is -2.33. The zero-order valence-corrected chi connectivity index (χ0v) is 13.1. The first-order valence-electron chi connectivity index (χ1n) is 7.22. The fourth-order valence-corrected chi connectivity index (χ4v) is 3.23. The van der Waals surface area contributed by atoms with Gasteiger partial charge in [0.2, 0.25) is 0 Å². The smallest absolute Gasteiger partial charge is 0.0935 e. The summed E-state index contributed by atoms with van der Waals surface area (Å²) in [5.74, 6) is 1.08. The number of rotatable bonds is 8. The number of aryl methyl sites for hydroxylation is 1. The molecule has 1 N–H and O–H groups in total. The molecular weight excluding hydrogens is 266 g/mol. The van der Waals surface area contributed by atoms with E-state index >= 15 is 0 Å². The Hall–Kier alpha value is -1.19. The van der Waals surface area contributed by atoms with Crippen LogP contribution in [-0.2, 0) is 6.42 Å². The van der Waals surface area contributed by atoms with Crippen LogP contribution in [0.2, 0.25) is 0 Å². The van der Waals surface area contributed by atoms with Crippen LogP contribution in [0.1, 0.15) is 24.5 Å². The van der Waals surface area contributed by atoms with Crippen LogP contribution in [0.5, 0.6) is 0 Å². The Balaban J connectivity index is 1.91. The average Bonchev–Trinajstić information content (AvgIpc) is 2.96. The van der Waals surface area contributed by atoms with Crippen LogP contribution in [-0.4, -0.2) is 18.3 Å². The summed E-state index contributed by atoms with van der Waals surface area (Å²) in [4.78, 5) is 1.38. The van der Waals surface area contributed by atoms with Gasteiger partial charge in [-0.2, -0.15) is 0 Å². The Labute approximate surface area is 126 Å². The summed E-state index contributed by atoms with van der Waals surface area (Å²) in [5.41, 5.74) is 2.62. The minimum atomic E-state index is 0.483. The summed E-state index contributed by atoms with van der Waals surface area (Å²) in [6.45, 7) is 5.44. The second-order valence-corrected chi connectivity index (χ2v) is 6.13. The van der Waals surface area contributed by atoms with Gasteiger partial charge in [0.05, 0.1) is 12.5 Å². The predicted octanol–water partition coefficient (Wildman–Crippen LogP) is 4.29. The molecule has 20 heavy (non-hydrogen) atoms. The highest BCUT2D eigenvalue weighted by Gasteiger charge is 2.11. The SMILES string of the molecule is CCCNC(CSc1ccccc1C)Cc1ccoc1. The Morgan fingerprint density at radius 1 is 1.25 bits per heavy atom. The molecule has 0 aliphatic rings. The molecule has 1 atom stereocenters. The van der Waals surface area contributed by atoms with Gasteiger partial charge >= 0.3 is 0 Å². The molecule has 0 aliphatic carbocycles. The molecular formula is C17H23NOS. The van der Waals surface area contributed by atoms with Crippen LogP contribution in [0.15, 0.2) is 52.2 Å². The monoisotopic (exact) mass is 289 g/mol. The fraction of sp³-hybridized carbons (Fsp3) is 0.412. The largest absolute Gasteiger partial charge is 0.472 e. The molecule has 2 rings (SSSR count). The highest BCUT2D eigenvalue weighted by molar-refractivity contribution is 7.99. The van der Waals surface area contributed by atoms with Gasteiger partial charge in [-0.25, -0.2) is 0 Å². The summed E-state index contributed by atoms with van der Waals surface area (Å²) >= 11 is 1.93. The van der Waals surface area contributed by atoms with Gasteiger partial charge in [-0.1, -0.05) is 25.1 Å². The predicted molar refractivity (Wildman–Crippen MR) is 86.4 cm³/mol. The third kappa shape index (κ3) is 4.73. The van der Waals surface area contributed by atoms with Gasteiger partial charge in [0.15, 0.2) is 0 Å². The van der Waals surface area contributed by atoms with E-state index in [1.54, 1.807) is 6.26 Å². The molecule has 0 fully saturated rings. The molecule has 1 aromatic carbocycles. The molecule has 0 saturated heterocycles. The standard InChI is InChI=1S/C17H23NOS/c1-3-9-18-16(11-15-8-10-19-12-15)13-20-17-7-5-4-6-14(17)2/h4-8,10,12,16,18H,3,9,11,13H2,1-2H3. The van der Waals surface area contributed by atoms with Crippen molar-refractivity contribution < 1.29 is 4.42 Å². The van der Waals surface area contributed by atoms with Crippen LogP contribution in [0.3, 0.4) is 0 Å². The zero-order valence-electron chi connectivity index (χ0n) is 12.3. The van der Waals surface area contributed by atoms with Crippen molar-refractivity contribution in [3.05, 3.63) is 54.0 Å². The maximum atomic E-state index is 5.17. The quantitative estimate of drug-likeness (QED) is 0.734. The summed E-state index contributed by atoms with van der Waals surface area (Å²) in [6.07, 6.45) is 5.78. The van der Waals surface area contributed by atoms with Gasteiger partial charge < -0.3 is 9.73 Å². The molecule has 108 valence electrons. The molecule has 1 heterocycles. The first-order chi connectivity index (χ1) is 9.79. The number of benzene rings is 1. The van der Waals surface area contributed by atoms with Crippen LogP contribution in [0.4, 0.5) is 0 Å². The van der Waals surface area contributed by atoms with Crippen molar-refractivity contribution in [2.45, 2.75) is 37.6 Å². The third-order valence-corrected chi connectivity index (χ3v) is 4.62. The molecule has 1 aromatic heterocycles. The van der Waals surface area contributed by atoms with Gasteiger partial charge in [0.25, 0.3) is 0 Å². The van der Waals surface area contributed by atoms with Crippen LogP contribution in [0, 0.1) is 6.92 Å². The minimum Gasteiger partial charge on any atom is -0.472 e. The summed E-state index contributed by atoms with van der Waals surface area (Å²) in [5, 5.41) is 3.63. The lowest BCUT2D eigenvalue weighted by molar-refractivity contribution is 0.536. The molecule has 2 aromatic rings. The summed E-state index contributed by atoms with van der Waals surface area (Å²) in [6, 6.07) is 11.1. The molecule has 0 radical (unpaired) electrons. The van der Waals surface area contributed by atoms with Gasteiger partial charge in [0, 0.05) is 16.7 Å². The highest BCUT2D eigenvalue weighted by Crippen LogP contribution is 2.23. The normalized spacial score (nSPS) is 12.5. The topological polar surface area (TPSA) is 25.2 Å². The minimum absolute atomic E-state index is 0.483. The van der Waals surface area contributed by atoms with Crippen molar-refractivity contribution in [1.29, 1.82) is 0 Å². The summed E-state index contributed by atoms with van der Waals surface area (Å²) in [7, 11) is 0. The lowest BCUT2D eigenvalue weighted by atomic mass is 10.1. The van der Waals surface area contributed by atoms with Gasteiger partial charge in [-0.15, -0.1) is 11.8 Å². The van der Waals surface area contributed by atoms with Crippen LogP contribution >= 0.6 is 11.8 Å². The molecule has 0 saturated carbocycles. The Morgan fingerprint density at radius 3 is 2.80 bits per heavy atom. The van der Waals surface area contributed by atoms with E-state index in [0.29, 0.717) is 6.04 Å².